The van der Waals surface area contributed by atoms with E-state index in [1.54, 1.807) is 13.8 Å². The molecule has 0 aromatic heterocycles. The Labute approximate surface area is 165 Å². The quantitative estimate of drug-likeness (QED) is 0.380. The zero-order valence-corrected chi connectivity index (χ0v) is 16.7. The Bertz CT molecular complexity index is 642. The minimum absolute atomic E-state index is 0.138. The van der Waals surface area contributed by atoms with Crippen molar-refractivity contribution >= 4 is 5.97 Å². The van der Waals surface area contributed by atoms with E-state index in [0.717, 1.165) is 0 Å². The van der Waals surface area contributed by atoms with Gasteiger partial charge < -0.3 is 14.6 Å². The standard InChI is InChI=1S/C19H26F6O4/c1-9(2)15(26)28-14-7-13-6-12(14)8-16(13,10(3)4)29-11(5)17(27,18(20,21)22)19(23,24)25/h10-14,27H,1,6-8H2,2-5H3. The Hall–Kier alpha value is -1.29. The Balaban J connectivity index is 2.26. The van der Waals surface area contributed by atoms with Crippen LogP contribution in [0, 0.1) is 17.8 Å². The summed E-state index contributed by atoms with van der Waals surface area (Å²) < 4.78 is 90.0. The topological polar surface area (TPSA) is 55.8 Å². The average molecular weight is 432 g/mol. The monoisotopic (exact) mass is 432 g/mol. The van der Waals surface area contributed by atoms with Gasteiger partial charge in [0.25, 0.3) is 5.60 Å². The summed E-state index contributed by atoms with van der Waals surface area (Å²) >= 11 is 0. The minimum atomic E-state index is -5.96. The molecule has 0 saturated heterocycles. The van der Waals surface area contributed by atoms with E-state index < -0.39 is 53.6 Å². The number of esters is 1. The summed E-state index contributed by atoms with van der Waals surface area (Å²) in [7, 11) is 0. The first-order valence-corrected chi connectivity index (χ1v) is 9.37. The SMILES string of the molecule is C=C(C)C(=O)OC1CC2CC1CC2(OC(C)C(O)(C(F)(F)F)C(F)(F)F)C(C)C. The number of aliphatic hydroxyl groups is 1. The molecule has 2 aliphatic rings. The second kappa shape index (κ2) is 7.44. The highest BCUT2D eigenvalue weighted by Crippen LogP contribution is 2.58. The van der Waals surface area contributed by atoms with Crippen LogP contribution in [0.1, 0.15) is 47.0 Å². The van der Waals surface area contributed by atoms with Gasteiger partial charge in [-0.2, -0.15) is 26.3 Å². The maximum Gasteiger partial charge on any atom is 0.428 e. The van der Waals surface area contributed by atoms with Crippen LogP contribution in [-0.4, -0.2) is 46.8 Å². The van der Waals surface area contributed by atoms with Crippen molar-refractivity contribution in [2.24, 2.45) is 17.8 Å². The first-order chi connectivity index (χ1) is 13.0. The molecule has 2 bridgehead atoms. The van der Waals surface area contributed by atoms with E-state index >= 15 is 0 Å². The summed E-state index contributed by atoms with van der Waals surface area (Å²) in [5.41, 5.74) is -6.08. The summed E-state index contributed by atoms with van der Waals surface area (Å²) in [5.74, 6) is -1.65. The molecule has 1 N–H and O–H groups in total. The highest BCUT2D eigenvalue weighted by molar-refractivity contribution is 5.87. The molecule has 2 aliphatic carbocycles. The summed E-state index contributed by atoms with van der Waals surface area (Å²) in [5, 5.41) is 9.66. The molecule has 168 valence electrons. The smallest absolute Gasteiger partial charge is 0.428 e. The van der Waals surface area contributed by atoms with E-state index in [9.17, 15) is 36.2 Å². The molecule has 5 unspecified atom stereocenters. The predicted octanol–water partition coefficient (Wildman–Crippen LogP) is 4.56. The summed E-state index contributed by atoms with van der Waals surface area (Å²) in [6, 6.07) is 0. The molecule has 0 spiro atoms. The number of fused-ring (bicyclic) bond motifs is 2. The lowest BCUT2D eigenvalue weighted by Crippen LogP contribution is -2.66. The van der Waals surface area contributed by atoms with Crippen molar-refractivity contribution in [3.8, 4) is 0 Å². The average Bonchev–Trinajstić information content (AvgIpc) is 3.09. The number of carbonyl (C=O) groups is 1. The van der Waals surface area contributed by atoms with Gasteiger partial charge in [-0.25, -0.2) is 4.79 Å². The van der Waals surface area contributed by atoms with Gasteiger partial charge >= 0.3 is 18.3 Å². The number of carbonyl (C=O) groups excluding carboxylic acids is 1. The van der Waals surface area contributed by atoms with E-state index in [1.165, 1.54) is 6.92 Å². The van der Waals surface area contributed by atoms with Crippen LogP contribution in [0.15, 0.2) is 12.2 Å². The number of rotatable bonds is 6. The Morgan fingerprint density at radius 1 is 1.10 bits per heavy atom. The van der Waals surface area contributed by atoms with Gasteiger partial charge in [0.15, 0.2) is 0 Å². The summed E-state index contributed by atoms with van der Waals surface area (Å²) in [6.45, 7) is 8.87. The van der Waals surface area contributed by atoms with Crippen molar-refractivity contribution in [2.45, 2.75) is 82.7 Å². The fraction of sp³-hybridized carbons (Fsp3) is 0.842. The first kappa shape index (κ1) is 24.0. The lowest BCUT2D eigenvalue weighted by atomic mass is 9.74. The van der Waals surface area contributed by atoms with Crippen LogP contribution in [0.4, 0.5) is 26.3 Å². The molecule has 0 heterocycles. The maximum atomic E-state index is 13.2. The molecule has 2 fully saturated rings. The van der Waals surface area contributed by atoms with Crippen LogP contribution in [-0.2, 0) is 14.3 Å². The van der Waals surface area contributed by atoms with Crippen LogP contribution in [0.2, 0.25) is 0 Å². The molecule has 0 aromatic carbocycles. The molecule has 2 saturated carbocycles. The molecular formula is C19H26F6O4. The fourth-order valence-corrected chi connectivity index (χ4v) is 4.68. The molecule has 2 rings (SSSR count). The molecule has 10 heteroatoms. The largest absolute Gasteiger partial charge is 0.459 e. The normalized spacial score (nSPS) is 31.2. The molecule has 0 aromatic rings. The van der Waals surface area contributed by atoms with Crippen LogP contribution in [0.25, 0.3) is 0 Å². The lowest BCUT2D eigenvalue weighted by Gasteiger charge is -2.47. The van der Waals surface area contributed by atoms with E-state index in [4.69, 9.17) is 9.47 Å². The number of ether oxygens (including phenoxy) is 2. The van der Waals surface area contributed by atoms with Crippen LogP contribution >= 0.6 is 0 Å². The second-order valence-electron chi connectivity index (χ2n) is 8.49. The molecule has 0 radical (unpaired) electrons. The zero-order chi connectivity index (χ0) is 22.6. The lowest BCUT2D eigenvalue weighted by molar-refractivity contribution is -0.402. The van der Waals surface area contributed by atoms with Crippen molar-refractivity contribution in [2.75, 3.05) is 0 Å². The third-order valence-electron chi connectivity index (χ3n) is 6.34. The molecule has 29 heavy (non-hydrogen) atoms. The Morgan fingerprint density at radius 2 is 1.62 bits per heavy atom. The number of hydrogen-bond acceptors (Lipinski definition) is 4. The van der Waals surface area contributed by atoms with E-state index in [0.29, 0.717) is 13.3 Å². The second-order valence-corrected chi connectivity index (χ2v) is 8.49. The fourth-order valence-electron chi connectivity index (χ4n) is 4.68. The number of halogens is 6. The third kappa shape index (κ3) is 3.89. The summed E-state index contributed by atoms with van der Waals surface area (Å²) in [4.78, 5) is 11.8. The van der Waals surface area contributed by atoms with Gasteiger partial charge in [-0.05, 0) is 50.9 Å². The molecule has 0 amide bonds. The van der Waals surface area contributed by atoms with Gasteiger partial charge in [0.05, 0.1) is 5.60 Å². The van der Waals surface area contributed by atoms with Crippen LogP contribution < -0.4 is 0 Å². The highest BCUT2D eigenvalue weighted by Gasteiger charge is 2.75. The van der Waals surface area contributed by atoms with Gasteiger partial charge in [-0.15, -0.1) is 0 Å². The predicted molar refractivity (Wildman–Crippen MR) is 90.7 cm³/mol. The Morgan fingerprint density at radius 3 is 1.97 bits per heavy atom. The maximum absolute atomic E-state index is 13.2. The molecular weight excluding hydrogens is 406 g/mol. The van der Waals surface area contributed by atoms with Crippen LogP contribution in [0.3, 0.4) is 0 Å². The third-order valence-corrected chi connectivity index (χ3v) is 6.34. The van der Waals surface area contributed by atoms with Crippen LogP contribution in [0.5, 0.6) is 0 Å². The van der Waals surface area contributed by atoms with E-state index in [1.807, 2.05) is 0 Å². The Kier molecular flexibility index (Phi) is 6.15. The van der Waals surface area contributed by atoms with Crippen molar-refractivity contribution in [1.29, 1.82) is 0 Å². The van der Waals surface area contributed by atoms with Crippen molar-refractivity contribution in [3.63, 3.8) is 0 Å². The van der Waals surface area contributed by atoms with E-state index in [-0.39, 0.29) is 24.3 Å². The van der Waals surface area contributed by atoms with Gasteiger partial charge in [0, 0.05) is 5.57 Å². The van der Waals surface area contributed by atoms with Crippen molar-refractivity contribution < 1.29 is 45.7 Å². The van der Waals surface area contributed by atoms with Gasteiger partial charge in [-0.1, -0.05) is 20.4 Å². The highest BCUT2D eigenvalue weighted by atomic mass is 19.4. The number of hydrogen-bond donors (Lipinski definition) is 1. The molecule has 0 aliphatic heterocycles. The van der Waals surface area contributed by atoms with Gasteiger partial charge in [-0.3, -0.25) is 0 Å². The zero-order valence-electron chi connectivity index (χ0n) is 16.7. The van der Waals surface area contributed by atoms with Gasteiger partial charge in [0.1, 0.15) is 12.2 Å². The van der Waals surface area contributed by atoms with Crippen molar-refractivity contribution in [3.05, 3.63) is 12.2 Å². The minimum Gasteiger partial charge on any atom is -0.459 e. The molecule has 5 atom stereocenters. The number of alkyl halides is 6. The van der Waals surface area contributed by atoms with E-state index in [2.05, 4.69) is 6.58 Å². The van der Waals surface area contributed by atoms with Gasteiger partial charge in [0.2, 0.25) is 0 Å². The summed E-state index contributed by atoms with van der Waals surface area (Å²) in [6.07, 6.45) is -14.1. The first-order valence-electron chi connectivity index (χ1n) is 9.37. The van der Waals surface area contributed by atoms with Crippen molar-refractivity contribution in [1.82, 2.24) is 0 Å². The molecule has 4 nitrogen and oxygen atoms in total.